The fourth-order valence-electron chi connectivity index (χ4n) is 3.37. The average molecular weight is 549 g/mol. The normalized spacial score (nSPS) is 13.1. The van der Waals surface area contributed by atoms with Crippen molar-refractivity contribution in [2.75, 3.05) is 13.2 Å². The first-order valence-electron chi connectivity index (χ1n) is 12.5. The molecule has 2 rings (SSSR count). The summed E-state index contributed by atoms with van der Waals surface area (Å²) in [4.78, 5) is 44.4. The first kappa shape index (κ1) is 31.4. The monoisotopic (exact) mass is 548 g/mol. The minimum atomic E-state index is -1.07. The molecule has 1 atom stereocenters. The van der Waals surface area contributed by atoms with Gasteiger partial charge >= 0.3 is 12.2 Å². The smallest absolute Gasteiger partial charge is 0.437 e. The highest BCUT2D eigenvalue weighted by Crippen LogP contribution is 2.22. The third kappa shape index (κ3) is 10.4. The standard InChI is InChI=1S/C26H40N6O7/c1-25(2,3)37-23(34)29-13-8-14-32-15-19(31(7)22(32)30-24(35)38-26(4,5)6)17-9-11-18(12-10-17)36-16-20(39-28)21(27)33/h9-12,15,20H,8,13-14,16,28H2,1-7H3,(H2,27,33)(H,29,34)/t20-/m0/s1. The van der Waals surface area contributed by atoms with Crippen LogP contribution in [0.15, 0.2) is 35.5 Å². The van der Waals surface area contributed by atoms with Crippen LogP contribution in [0.2, 0.25) is 0 Å². The van der Waals surface area contributed by atoms with Crippen molar-refractivity contribution in [2.45, 2.75) is 71.8 Å². The van der Waals surface area contributed by atoms with E-state index < -0.39 is 35.4 Å². The summed E-state index contributed by atoms with van der Waals surface area (Å²) in [5.41, 5.74) is 5.87. The Morgan fingerprint density at radius 2 is 1.64 bits per heavy atom. The maximum absolute atomic E-state index is 12.5. The zero-order valence-corrected chi connectivity index (χ0v) is 23.6. The van der Waals surface area contributed by atoms with Gasteiger partial charge in [-0.3, -0.25) is 9.63 Å². The Hall–Kier alpha value is -3.84. The molecule has 1 aromatic carbocycles. The van der Waals surface area contributed by atoms with Crippen LogP contribution in [0.25, 0.3) is 11.3 Å². The largest absolute Gasteiger partial charge is 0.490 e. The number of rotatable bonds is 10. The van der Waals surface area contributed by atoms with Crippen LogP contribution in [0.1, 0.15) is 48.0 Å². The van der Waals surface area contributed by atoms with Crippen LogP contribution in [0.5, 0.6) is 5.75 Å². The molecule has 0 aliphatic heterocycles. The summed E-state index contributed by atoms with van der Waals surface area (Å²) < 4.78 is 19.8. The number of benzene rings is 1. The quantitative estimate of drug-likeness (QED) is 0.299. The second-order valence-corrected chi connectivity index (χ2v) is 10.8. The highest BCUT2D eigenvalue weighted by atomic mass is 16.6. The van der Waals surface area contributed by atoms with Crippen LogP contribution in [0, 0.1) is 0 Å². The number of nitrogens with zero attached hydrogens (tertiary/aromatic N) is 3. The summed E-state index contributed by atoms with van der Waals surface area (Å²) in [6, 6.07) is 7.07. The Labute approximate surface area is 228 Å². The summed E-state index contributed by atoms with van der Waals surface area (Å²) in [6.07, 6.45) is 0.130. The van der Waals surface area contributed by atoms with Crippen molar-refractivity contribution >= 4 is 18.1 Å². The lowest BCUT2D eigenvalue weighted by Gasteiger charge is -2.19. The molecule has 0 saturated carbocycles. The Morgan fingerprint density at radius 3 is 2.18 bits per heavy atom. The molecule has 0 fully saturated rings. The van der Waals surface area contributed by atoms with Crippen LogP contribution in [-0.2, 0) is 32.7 Å². The molecule has 3 amide bonds. The number of nitrogens with two attached hydrogens (primary N) is 2. The molecule has 13 heteroatoms. The molecule has 13 nitrogen and oxygen atoms in total. The van der Waals surface area contributed by atoms with E-state index in [4.69, 9.17) is 25.8 Å². The first-order chi connectivity index (χ1) is 18.1. The number of primary amides is 1. The van der Waals surface area contributed by atoms with Crippen molar-refractivity contribution in [2.24, 2.45) is 23.7 Å². The Morgan fingerprint density at radius 1 is 1.03 bits per heavy atom. The number of hydrogen-bond donors (Lipinski definition) is 3. The molecular weight excluding hydrogens is 508 g/mol. The van der Waals surface area contributed by atoms with E-state index in [0.29, 0.717) is 30.9 Å². The van der Waals surface area contributed by atoms with E-state index in [0.717, 1.165) is 11.3 Å². The minimum Gasteiger partial charge on any atom is -0.490 e. The van der Waals surface area contributed by atoms with Crippen LogP contribution < -0.4 is 27.3 Å². The molecule has 0 aliphatic carbocycles. The lowest BCUT2D eigenvalue weighted by molar-refractivity contribution is -0.131. The third-order valence-electron chi connectivity index (χ3n) is 5.06. The topological polar surface area (TPSA) is 174 Å². The number of imidazole rings is 1. The number of alkyl carbamates (subject to hydrolysis) is 1. The third-order valence-corrected chi connectivity index (χ3v) is 5.06. The van der Waals surface area contributed by atoms with Crippen molar-refractivity contribution in [1.82, 2.24) is 14.5 Å². The number of aromatic nitrogens is 2. The Kier molecular flexibility index (Phi) is 10.7. The summed E-state index contributed by atoms with van der Waals surface area (Å²) in [7, 11) is 1.79. The fourth-order valence-corrected chi connectivity index (χ4v) is 3.37. The number of nitrogens with one attached hydrogen (secondary N) is 1. The summed E-state index contributed by atoms with van der Waals surface area (Å²) >= 11 is 0. The second kappa shape index (κ2) is 13.3. The Balaban J connectivity index is 2.26. The number of ether oxygens (including phenoxy) is 3. The molecule has 0 radical (unpaired) electrons. The van der Waals surface area contributed by atoms with Crippen molar-refractivity contribution in [3.8, 4) is 17.0 Å². The zero-order valence-electron chi connectivity index (χ0n) is 23.6. The fraction of sp³-hybridized carbons (Fsp3) is 0.538. The van der Waals surface area contributed by atoms with Crippen molar-refractivity contribution in [3.63, 3.8) is 0 Å². The van der Waals surface area contributed by atoms with Gasteiger partial charge in [-0.25, -0.2) is 15.5 Å². The molecule has 0 aliphatic rings. The van der Waals surface area contributed by atoms with E-state index in [-0.39, 0.29) is 6.61 Å². The maximum atomic E-state index is 12.5. The Bertz CT molecular complexity index is 1200. The summed E-state index contributed by atoms with van der Waals surface area (Å²) in [5, 5.41) is 2.73. The van der Waals surface area contributed by atoms with Gasteiger partial charge in [-0.2, -0.15) is 0 Å². The van der Waals surface area contributed by atoms with Crippen LogP contribution in [0.4, 0.5) is 9.59 Å². The van der Waals surface area contributed by atoms with Gasteiger partial charge in [0.1, 0.15) is 23.6 Å². The van der Waals surface area contributed by atoms with Gasteiger partial charge in [0, 0.05) is 26.3 Å². The van der Waals surface area contributed by atoms with Crippen LogP contribution in [0.3, 0.4) is 0 Å². The van der Waals surface area contributed by atoms with Gasteiger partial charge in [-0.1, -0.05) is 0 Å². The average Bonchev–Trinajstić information content (AvgIpc) is 3.10. The number of hydrogen-bond acceptors (Lipinski definition) is 8. The van der Waals surface area contributed by atoms with E-state index >= 15 is 0 Å². The molecule has 1 heterocycles. The number of amides is 3. The van der Waals surface area contributed by atoms with E-state index in [2.05, 4.69) is 15.1 Å². The van der Waals surface area contributed by atoms with E-state index in [9.17, 15) is 14.4 Å². The van der Waals surface area contributed by atoms with Crippen molar-refractivity contribution in [1.29, 1.82) is 0 Å². The van der Waals surface area contributed by atoms with Crippen molar-refractivity contribution < 1.29 is 33.4 Å². The van der Waals surface area contributed by atoms with Gasteiger partial charge in [0.25, 0.3) is 5.91 Å². The van der Waals surface area contributed by atoms with Crippen LogP contribution in [-0.4, -0.2) is 57.7 Å². The van der Waals surface area contributed by atoms with Gasteiger partial charge < -0.3 is 34.4 Å². The highest BCUT2D eigenvalue weighted by molar-refractivity contribution is 5.79. The van der Waals surface area contributed by atoms with Gasteiger partial charge in [-0.05, 0) is 77.8 Å². The maximum Gasteiger partial charge on any atom is 0.437 e. The van der Waals surface area contributed by atoms with Gasteiger partial charge in [0.2, 0.25) is 5.62 Å². The molecule has 39 heavy (non-hydrogen) atoms. The van der Waals surface area contributed by atoms with Gasteiger partial charge in [-0.15, -0.1) is 4.99 Å². The molecule has 0 saturated heterocycles. The summed E-state index contributed by atoms with van der Waals surface area (Å²) in [6.45, 7) is 11.4. The molecule has 0 unspecified atom stereocenters. The lowest BCUT2D eigenvalue weighted by atomic mass is 10.1. The SMILES string of the molecule is Cn1c(-c2ccc(OC[C@H](ON)C(N)=O)cc2)cn(CCCNC(=O)OC(C)(C)C)c1=NC(=O)OC(C)(C)C. The van der Waals surface area contributed by atoms with Gasteiger partial charge in [0.15, 0.2) is 6.10 Å². The van der Waals surface area contributed by atoms with E-state index in [1.54, 1.807) is 65.3 Å². The van der Waals surface area contributed by atoms with E-state index in [1.165, 1.54) is 0 Å². The molecule has 1 aromatic heterocycles. The number of carbonyl (C=O) groups is 3. The molecule has 0 bridgehead atoms. The highest BCUT2D eigenvalue weighted by Gasteiger charge is 2.19. The predicted octanol–water partition coefficient (Wildman–Crippen LogP) is 2.37. The minimum absolute atomic E-state index is 0.133. The molecule has 216 valence electrons. The number of aryl methyl sites for hydroxylation is 1. The van der Waals surface area contributed by atoms with Crippen molar-refractivity contribution in [3.05, 3.63) is 36.1 Å². The zero-order chi connectivity index (χ0) is 29.4. The number of carbonyl (C=O) groups excluding carboxylic acids is 3. The molecule has 0 spiro atoms. The summed E-state index contributed by atoms with van der Waals surface area (Å²) in [5.74, 6) is 4.82. The lowest BCUT2D eigenvalue weighted by Crippen LogP contribution is -2.38. The second-order valence-electron chi connectivity index (χ2n) is 10.8. The molecule has 5 N–H and O–H groups in total. The predicted molar refractivity (Wildman–Crippen MR) is 143 cm³/mol. The first-order valence-corrected chi connectivity index (χ1v) is 12.5. The molecule has 2 aromatic rings. The van der Waals surface area contributed by atoms with Crippen LogP contribution >= 0.6 is 0 Å². The van der Waals surface area contributed by atoms with Gasteiger partial charge in [0.05, 0.1) is 5.69 Å². The van der Waals surface area contributed by atoms with E-state index in [1.807, 2.05) is 22.9 Å². The molecular formula is C26H40N6O7.